The maximum absolute atomic E-state index is 12.8. The van der Waals surface area contributed by atoms with E-state index in [0.717, 1.165) is 49.7 Å². The van der Waals surface area contributed by atoms with Crippen molar-refractivity contribution in [2.24, 2.45) is 5.92 Å². The van der Waals surface area contributed by atoms with E-state index in [1.165, 1.54) is 12.8 Å². The van der Waals surface area contributed by atoms with Crippen molar-refractivity contribution in [3.05, 3.63) is 35.4 Å². The van der Waals surface area contributed by atoms with Crippen LogP contribution >= 0.6 is 0 Å². The number of hydrogen-bond acceptors (Lipinski definition) is 4. The standard InChI is InChI=1S/C22H28O4S/c1-2-26-22(23)20(13-15-5-3-4-6-15)17-9-12-21(19(14-17)16-7-8-16)27(24,25)18-10-11-18/h9,12-16,18H,2-8,10-11H2,1H3. The van der Waals surface area contributed by atoms with E-state index in [1.54, 1.807) is 12.1 Å². The van der Waals surface area contributed by atoms with E-state index < -0.39 is 9.84 Å². The van der Waals surface area contributed by atoms with Gasteiger partial charge in [0.05, 0.1) is 22.3 Å². The molecule has 1 aromatic rings. The SMILES string of the molecule is CCOC(=O)C(=CC1CCCC1)c1ccc(S(=O)(=O)C2CC2)c(C2CC2)c1. The molecule has 3 aliphatic rings. The minimum absolute atomic E-state index is 0.209. The lowest BCUT2D eigenvalue weighted by molar-refractivity contribution is -0.136. The Morgan fingerprint density at radius 1 is 1.11 bits per heavy atom. The fourth-order valence-corrected chi connectivity index (χ4v) is 6.02. The van der Waals surface area contributed by atoms with Crippen LogP contribution < -0.4 is 0 Å². The number of allylic oxidation sites excluding steroid dienone is 1. The molecule has 0 radical (unpaired) electrons. The van der Waals surface area contributed by atoms with Gasteiger partial charge < -0.3 is 4.74 Å². The highest BCUT2D eigenvalue weighted by Crippen LogP contribution is 2.46. The van der Waals surface area contributed by atoms with Gasteiger partial charge >= 0.3 is 5.97 Å². The van der Waals surface area contributed by atoms with Crippen LogP contribution in [0, 0.1) is 5.92 Å². The number of carbonyl (C=O) groups excluding carboxylic acids is 1. The number of ether oxygens (including phenoxy) is 1. The summed E-state index contributed by atoms with van der Waals surface area (Å²) in [6.45, 7) is 2.15. The molecule has 0 unspecified atom stereocenters. The third-order valence-electron chi connectivity index (χ3n) is 5.91. The Balaban J connectivity index is 1.74. The molecule has 0 aliphatic heterocycles. The predicted molar refractivity (Wildman–Crippen MR) is 105 cm³/mol. The fourth-order valence-electron chi connectivity index (χ4n) is 4.10. The molecule has 0 amide bonds. The summed E-state index contributed by atoms with van der Waals surface area (Å²) >= 11 is 0. The van der Waals surface area contributed by atoms with Crippen molar-refractivity contribution in [1.82, 2.24) is 0 Å². The van der Waals surface area contributed by atoms with E-state index in [9.17, 15) is 13.2 Å². The second-order valence-corrected chi connectivity index (χ2v) is 10.3. The average molecular weight is 389 g/mol. The molecule has 5 heteroatoms. The van der Waals surface area contributed by atoms with E-state index >= 15 is 0 Å². The number of esters is 1. The third kappa shape index (κ3) is 3.98. The molecule has 4 rings (SSSR count). The molecule has 0 spiro atoms. The summed E-state index contributed by atoms with van der Waals surface area (Å²) in [6, 6.07) is 5.49. The van der Waals surface area contributed by atoms with Crippen molar-refractivity contribution in [2.75, 3.05) is 6.61 Å². The molecule has 1 aromatic carbocycles. The summed E-state index contributed by atoms with van der Waals surface area (Å²) in [5.74, 6) is 0.413. The van der Waals surface area contributed by atoms with E-state index in [-0.39, 0.29) is 11.2 Å². The lowest BCUT2D eigenvalue weighted by atomic mass is 9.96. The lowest BCUT2D eigenvalue weighted by Crippen LogP contribution is -2.12. The van der Waals surface area contributed by atoms with Gasteiger partial charge in [-0.05, 0) is 80.5 Å². The monoisotopic (exact) mass is 388 g/mol. The first-order valence-corrected chi connectivity index (χ1v) is 11.8. The second kappa shape index (κ2) is 7.42. The van der Waals surface area contributed by atoms with Crippen molar-refractivity contribution in [3.63, 3.8) is 0 Å². The number of carbonyl (C=O) groups is 1. The lowest BCUT2D eigenvalue weighted by Gasteiger charge is -2.15. The van der Waals surface area contributed by atoms with Crippen LogP contribution in [-0.4, -0.2) is 26.2 Å². The van der Waals surface area contributed by atoms with Crippen LogP contribution in [0.25, 0.3) is 5.57 Å². The van der Waals surface area contributed by atoms with Crippen molar-refractivity contribution in [2.45, 2.75) is 74.4 Å². The van der Waals surface area contributed by atoms with E-state index in [4.69, 9.17) is 4.74 Å². The van der Waals surface area contributed by atoms with Gasteiger partial charge in [0, 0.05) is 0 Å². The smallest absolute Gasteiger partial charge is 0.338 e. The molecule has 0 saturated heterocycles. The summed E-state index contributed by atoms with van der Waals surface area (Å²) in [4.78, 5) is 13.1. The highest BCUT2D eigenvalue weighted by Gasteiger charge is 2.40. The predicted octanol–water partition coefficient (Wildman–Crippen LogP) is 4.64. The molecule has 27 heavy (non-hydrogen) atoms. The molecular formula is C22H28O4S. The van der Waals surface area contributed by atoms with Crippen LogP contribution in [0.4, 0.5) is 0 Å². The van der Waals surface area contributed by atoms with Gasteiger partial charge in [-0.15, -0.1) is 0 Å². The van der Waals surface area contributed by atoms with Gasteiger partial charge in [0.25, 0.3) is 0 Å². The van der Waals surface area contributed by atoms with Gasteiger partial charge in [0.15, 0.2) is 9.84 Å². The van der Waals surface area contributed by atoms with Crippen molar-refractivity contribution in [3.8, 4) is 0 Å². The largest absolute Gasteiger partial charge is 0.462 e. The summed E-state index contributed by atoms with van der Waals surface area (Å²) in [5, 5.41) is -0.209. The van der Waals surface area contributed by atoms with Gasteiger partial charge in [-0.2, -0.15) is 0 Å². The number of benzene rings is 1. The molecule has 0 heterocycles. The van der Waals surface area contributed by atoms with Gasteiger partial charge in [-0.25, -0.2) is 13.2 Å². The van der Waals surface area contributed by atoms with Crippen LogP contribution in [0.15, 0.2) is 29.2 Å². The van der Waals surface area contributed by atoms with E-state index in [0.29, 0.717) is 28.9 Å². The van der Waals surface area contributed by atoms with E-state index in [2.05, 4.69) is 6.08 Å². The molecule has 3 saturated carbocycles. The van der Waals surface area contributed by atoms with Crippen LogP contribution in [0.1, 0.15) is 75.3 Å². The average Bonchev–Trinajstić information content (AvgIpc) is 3.57. The first-order chi connectivity index (χ1) is 13.0. The topological polar surface area (TPSA) is 60.4 Å². The molecule has 0 bridgehead atoms. The number of hydrogen-bond donors (Lipinski definition) is 0. The second-order valence-electron chi connectivity index (χ2n) is 8.12. The van der Waals surface area contributed by atoms with Crippen molar-refractivity contribution < 1.29 is 17.9 Å². The van der Waals surface area contributed by atoms with Gasteiger partial charge in [-0.3, -0.25) is 0 Å². The first kappa shape index (κ1) is 18.7. The Labute approximate surface area is 161 Å². The molecule has 3 aliphatic carbocycles. The van der Waals surface area contributed by atoms with Crippen LogP contribution in [0.2, 0.25) is 0 Å². The maximum atomic E-state index is 12.8. The van der Waals surface area contributed by atoms with Crippen molar-refractivity contribution >= 4 is 21.4 Å². The molecular weight excluding hydrogens is 360 g/mol. The van der Waals surface area contributed by atoms with Crippen molar-refractivity contribution in [1.29, 1.82) is 0 Å². The van der Waals surface area contributed by atoms with E-state index in [1.807, 2.05) is 13.0 Å². The Hall–Kier alpha value is -1.62. The van der Waals surface area contributed by atoms with Crippen LogP contribution in [-0.2, 0) is 19.4 Å². The number of rotatable bonds is 7. The van der Waals surface area contributed by atoms with Gasteiger partial charge in [0.2, 0.25) is 0 Å². The third-order valence-corrected chi connectivity index (χ3v) is 8.24. The first-order valence-electron chi connectivity index (χ1n) is 10.3. The highest BCUT2D eigenvalue weighted by molar-refractivity contribution is 7.92. The Kier molecular flexibility index (Phi) is 5.15. The summed E-state index contributed by atoms with van der Waals surface area (Å²) in [7, 11) is -3.23. The zero-order valence-corrected chi connectivity index (χ0v) is 16.8. The zero-order chi connectivity index (χ0) is 19.0. The molecule has 146 valence electrons. The number of sulfone groups is 1. The molecule has 0 N–H and O–H groups in total. The Morgan fingerprint density at radius 2 is 1.81 bits per heavy atom. The fraction of sp³-hybridized carbons (Fsp3) is 0.591. The minimum Gasteiger partial charge on any atom is -0.462 e. The quantitative estimate of drug-likeness (QED) is 0.504. The van der Waals surface area contributed by atoms with Gasteiger partial charge in [0.1, 0.15) is 0 Å². The minimum atomic E-state index is -3.23. The Morgan fingerprint density at radius 3 is 2.41 bits per heavy atom. The van der Waals surface area contributed by atoms with Crippen LogP contribution in [0.5, 0.6) is 0 Å². The molecule has 0 atom stereocenters. The molecule has 3 fully saturated rings. The maximum Gasteiger partial charge on any atom is 0.338 e. The molecule has 0 aromatic heterocycles. The van der Waals surface area contributed by atoms with Gasteiger partial charge in [-0.1, -0.05) is 25.0 Å². The normalized spacial score (nSPS) is 21.4. The van der Waals surface area contributed by atoms with Crippen LogP contribution in [0.3, 0.4) is 0 Å². The molecule has 4 nitrogen and oxygen atoms in total. The summed E-state index contributed by atoms with van der Waals surface area (Å²) in [6.07, 6.45) is 10.3. The highest BCUT2D eigenvalue weighted by atomic mass is 32.2. The Bertz CT molecular complexity index is 854. The summed E-state index contributed by atoms with van der Waals surface area (Å²) in [5.41, 5.74) is 2.30. The summed E-state index contributed by atoms with van der Waals surface area (Å²) < 4.78 is 31.0. The zero-order valence-electron chi connectivity index (χ0n) is 15.9.